The van der Waals surface area contributed by atoms with Crippen LogP contribution in [0.25, 0.3) is 0 Å². The highest BCUT2D eigenvalue weighted by Gasteiger charge is 2.22. The first-order chi connectivity index (χ1) is 7.74. The van der Waals surface area contributed by atoms with E-state index in [2.05, 4.69) is 13.8 Å². The lowest BCUT2D eigenvalue weighted by Crippen LogP contribution is -2.25. The number of carbonyl (C=O) groups excluding carboxylic acids is 1. The summed E-state index contributed by atoms with van der Waals surface area (Å²) in [5.41, 5.74) is 0. The van der Waals surface area contributed by atoms with E-state index in [-0.39, 0.29) is 12.1 Å². The molecule has 16 heavy (non-hydrogen) atoms. The van der Waals surface area contributed by atoms with Crippen molar-refractivity contribution in [3.8, 4) is 0 Å². The molecule has 0 aromatic heterocycles. The van der Waals surface area contributed by atoms with Gasteiger partial charge in [0.25, 0.3) is 0 Å². The van der Waals surface area contributed by atoms with Crippen LogP contribution in [0.3, 0.4) is 0 Å². The first-order valence-electron chi connectivity index (χ1n) is 6.93. The SMILES string of the molecule is CCCCCC(=O)OC(C)C1CCCCC1. The molecule has 0 spiro atoms. The second kappa shape index (κ2) is 7.70. The van der Waals surface area contributed by atoms with E-state index in [1.165, 1.54) is 32.1 Å². The Labute approximate surface area is 99.8 Å². The summed E-state index contributed by atoms with van der Waals surface area (Å²) < 4.78 is 5.50. The van der Waals surface area contributed by atoms with E-state index >= 15 is 0 Å². The molecule has 0 bridgehead atoms. The van der Waals surface area contributed by atoms with Gasteiger partial charge in [0.05, 0.1) is 0 Å². The molecule has 0 radical (unpaired) electrons. The summed E-state index contributed by atoms with van der Waals surface area (Å²) in [6.45, 7) is 4.21. The summed E-state index contributed by atoms with van der Waals surface area (Å²) in [5.74, 6) is 0.621. The van der Waals surface area contributed by atoms with E-state index in [0.29, 0.717) is 12.3 Å². The number of esters is 1. The zero-order valence-electron chi connectivity index (χ0n) is 10.8. The van der Waals surface area contributed by atoms with Crippen molar-refractivity contribution in [1.82, 2.24) is 0 Å². The molecule has 0 aromatic rings. The Bertz CT molecular complexity index is 195. The van der Waals surface area contributed by atoms with Crippen molar-refractivity contribution in [3.63, 3.8) is 0 Å². The van der Waals surface area contributed by atoms with Crippen molar-refractivity contribution in [3.05, 3.63) is 0 Å². The molecule has 94 valence electrons. The van der Waals surface area contributed by atoms with Gasteiger partial charge in [-0.05, 0) is 32.1 Å². The maximum absolute atomic E-state index is 11.5. The van der Waals surface area contributed by atoms with Crippen molar-refractivity contribution in [2.24, 2.45) is 5.92 Å². The molecule has 2 nitrogen and oxygen atoms in total. The molecule has 0 aromatic carbocycles. The predicted octanol–water partition coefficient (Wildman–Crippen LogP) is 4.08. The van der Waals surface area contributed by atoms with Crippen LogP contribution in [-0.4, -0.2) is 12.1 Å². The van der Waals surface area contributed by atoms with Gasteiger partial charge in [0, 0.05) is 6.42 Å². The molecule has 1 aliphatic carbocycles. The minimum Gasteiger partial charge on any atom is -0.462 e. The number of rotatable bonds is 6. The summed E-state index contributed by atoms with van der Waals surface area (Å²) >= 11 is 0. The lowest BCUT2D eigenvalue weighted by Gasteiger charge is -2.27. The van der Waals surface area contributed by atoms with Gasteiger partial charge in [-0.1, -0.05) is 39.0 Å². The summed E-state index contributed by atoms with van der Waals surface area (Å²) in [6.07, 6.45) is 10.5. The number of hydrogen-bond donors (Lipinski definition) is 0. The van der Waals surface area contributed by atoms with E-state index in [9.17, 15) is 4.79 Å². The Morgan fingerprint density at radius 3 is 2.56 bits per heavy atom. The topological polar surface area (TPSA) is 26.3 Å². The summed E-state index contributed by atoms with van der Waals surface area (Å²) in [5, 5.41) is 0. The fraction of sp³-hybridized carbons (Fsp3) is 0.929. The molecule has 0 heterocycles. The third kappa shape index (κ3) is 5.00. The Morgan fingerprint density at radius 2 is 1.94 bits per heavy atom. The van der Waals surface area contributed by atoms with Gasteiger partial charge in [0.1, 0.15) is 6.10 Å². The van der Waals surface area contributed by atoms with Gasteiger partial charge < -0.3 is 4.74 Å². The average Bonchev–Trinajstić information content (AvgIpc) is 2.30. The average molecular weight is 226 g/mol. The van der Waals surface area contributed by atoms with Gasteiger partial charge in [-0.3, -0.25) is 4.79 Å². The molecule has 0 amide bonds. The highest BCUT2D eigenvalue weighted by atomic mass is 16.5. The standard InChI is InChI=1S/C14H26O2/c1-3-4-6-11-14(15)16-12(2)13-9-7-5-8-10-13/h12-13H,3-11H2,1-2H3. The predicted molar refractivity (Wildman–Crippen MR) is 66.3 cm³/mol. The maximum atomic E-state index is 11.5. The third-order valence-corrected chi connectivity index (χ3v) is 3.62. The molecule has 1 atom stereocenters. The van der Waals surface area contributed by atoms with Crippen LogP contribution in [0.5, 0.6) is 0 Å². The van der Waals surface area contributed by atoms with Crippen LogP contribution in [0.2, 0.25) is 0 Å². The smallest absolute Gasteiger partial charge is 0.306 e. The lowest BCUT2D eigenvalue weighted by molar-refractivity contribution is -0.151. The van der Waals surface area contributed by atoms with Crippen LogP contribution < -0.4 is 0 Å². The molecule has 1 unspecified atom stereocenters. The van der Waals surface area contributed by atoms with Gasteiger partial charge >= 0.3 is 5.97 Å². The molecular formula is C14H26O2. The summed E-state index contributed by atoms with van der Waals surface area (Å²) in [6, 6.07) is 0. The molecular weight excluding hydrogens is 200 g/mol. The van der Waals surface area contributed by atoms with Gasteiger partial charge in [-0.15, -0.1) is 0 Å². The molecule has 1 fully saturated rings. The van der Waals surface area contributed by atoms with Crippen molar-refractivity contribution in [2.75, 3.05) is 0 Å². The Morgan fingerprint density at radius 1 is 1.25 bits per heavy atom. The molecule has 0 aliphatic heterocycles. The minimum atomic E-state index is 0.00604. The molecule has 0 N–H and O–H groups in total. The van der Waals surface area contributed by atoms with Crippen LogP contribution >= 0.6 is 0 Å². The van der Waals surface area contributed by atoms with Crippen LogP contribution in [0.1, 0.15) is 71.6 Å². The normalized spacial score (nSPS) is 19.4. The lowest BCUT2D eigenvalue weighted by atomic mass is 9.86. The van der Waals surface area contributed by atoms with Crippen molar-refractivity contribution < 1.29 is 9.53 Å². The quantitative estimate of drug-likeness (QED) is 0.504. The molecule has 0 saturated heterocycles. The first-order valence-corrected chi connectivity index (χ1v) is 6.93. The van der Waals surface area contributed by atoms with Gasteiger partial charge in [-0.25, -0.2) is 0 Å². The number of ether oxygens (including phenoxy) is 1. The van der Waals surface area contributed by atoms with Gasteiger partial charge in [0.2, 0.25) is 0 Å². The van der Waals surface area contributed by atoms with Crippen LogP contribution in [0.15, 0.2) is 0 Å². The van der Waals surface area contributed by atoms with Crippen LogP contribution in [0.4, 0.5) is 0 Å². The zero-order valence-corrected chi connectivity index (χ0v) is 10.8. The summed E-state index contributed by atoms with van der Waals surface area (Å²) in [4.78, 5) is 11.5. The second-order valence-electron chi connectivity index (χ2n) is 5.05. The summed E-state index contributed by atoms with van der Waals surface area (Å²) in [7, 11) is 0. The van der Waals surface area contributed by atoms with Gasteiger partial charge in [-0.2, -0.15) is 0 Å². The molecule has 1 aliphatic rings. The van der Waals surface area contributed by atoms with E-state index in [1.54, 1.807) is 0 Å². The van der Waals surface area contributed by atoms with Crippen molar-refractivity contribution >= 4 is 5.97 Å². The van der Waals surface area contributed by atoms with E-state index in [4.69, 9.17) is 4.74 Å². The van der Waals surface area contributed by atoms with Gasteiger partial charge in [0.15, 0.2) is 0 Å². The third-order valence-electron chi connectivity index (χ3n) is 3.62. The molecule has 1 saturated carbocycles. The second-order valence-corrected chi connectivity index (χ2v) is 5.05. The highest BCUT2D eigenvalue weighted by molar-refractivity contribution is 5.69. The highest BCUT2D eigenvalue weighted by Crippen LogP contribution is 2.28. The minimum absolute atomic E-state index is 0.00604. The van der Waals surface area contributed by atoms with E-state index < -0.39 is 0 Å². The fourth-order valence-electron chi connectivity index (χ4n) is 2.49. The van der Waals surface area contributed by atoms with Crippen LogP contribution in [-0.2, 0) is 9.53 Å². The molecule has 1 rings (SSSR count). The largest absolute Gasteiger partial charge is 0.462 e. The Kier molecular flexibility index (Phi) is 6.51. The monoisotopic (exact) mass is 226 g/mol. The fourth-order valence-corrected chi connectivity index (χ4v) is 2.49. The molecule has 2 heteroatoms. The van der Waals surface area contributed by atoms with Crippen molar-refractivity contribution in [1.29, 1.82) is 0 Å². The van der Waals surface area contributed by atoms with E-state index in [1.807, 2.05) is 0 Å². The number of carbonyl (C=O) groups is 1. The van der Waals surface area contributed by atoms with Crippen LogP contribution in [0, 0.1) is 5.92 Å². The Hall–Kier alpha value is -0.530. The first kappa shape index (κ1) is 13.5. The number of hydrogen-bond acceptors (Lipinski definition) is 2. The van der Waals surface area contributed by atoms with Crippen molar-refractivity contribution in [2.45, 2.75) is 77.7 Å². The van der Waals surface area contributed by atoms with E-state index in [0.717, 1.165) is 19.3 Å². The maximum Gasteiger partial charge on any atom is 0.306 e. The Balaban J connectivity index is 2.16. The zero-order chi connectivity index (χ0) is 11.8. The number of unbranched alkanes of at least 4 members (excludes halogenated alkanes) is 2.